The lowest BCUT2D eigenvalue weighted by Gasteiger charge is -2.22. The minimum Gasteiger partial charge on any atom is -0.366 e. The third kappa shape index (κ3) is 5.62. The van der Waals surface area contributed by atoms with E-state index in [1.807, 2.05) is 12.1 Å². The third-order valence-electron chi connectivity index (χ3n) is 4.62. The number of pyridine rings is 1. The van der Waals surface area contributed by atoms with Crippen LogP contribution in [0.2, 0.25) is 0 Å². The first kappa shape index (κ1) is 18.4. The van der Waals surface area contributed by atoms with Gasteiger partial charge >= 0.3 is 0 Å². The number of carbonyl (C=O) groups is 1. The lowest BCUT2D eigenvalue weighted by molar-refractivity contribution is -0.124. The van der Waals surface area contributed by atoms with E-state index in [2.05, 4.69) is 29.0 Å². The molecule has 1 atom stereocenters. The van der Waals surface area contributed by atoms with Crippen molar-refractivity contribution in [1.29, 1.82) is 0 Å². The molecule has 1 aromatic rings. The third-order valence-corrected chi connectivity index (χ3v) is 4.62. The van der Waals surface area contributed by atoms with Crippen molar-refractivity contribution in [1.82, 2.24) is 15.4 Å². The number of anilines is 1. The first-order valence-corrected chi connectivity index (χ1v) is 8.71. The quantitative estimate of drug-likeness (QED) is 0.387. The van der Waals surface area contributed by atoms with Gasteiger partial charge in [0.05, 0.1) is 0 Å². The van der Waals surface area contributed by atoms with Crippen molar-refractivity contribution in [2.24, 2.45) is 5.92 Å². The van der Waals surface area contributed by atoms with Gasteiger partial charge in [-0.1, -0.05) is 26.7 Å². The molecular formula is C18H28N4O2. The first-order valence-electron chi connectivity index (χ1n) is 8.71. The molecule has 0 spiro atoms. The van der Waals surface area contributed by atoms with E-state index in [4.69, 9.17) is 5.21 Å². The topological polar surface area (TPSA) is 77.5 Å². The molecule has 0 aromatic carbocycles. The summed E-state index contributed by atoms with van der Waals surface area (Å²) in [7, 11) is 0. The Kier molecular flexibility index (Phi) is 7.21. The molecule has 2 heterocycles. The van der Waals surface area contributed by atoms with E-state index in [-0.39, 0.29) is 0 Å². The molecule has 1 fully saturated rings. The molecule has 132 valence electrons. The van der Waals surface area contributed by atoms with Crippen molar-refractivity contribution < 1.29 is 10.0 Å². The largest absolute Gasteiger partial charge is 0.366 e. The molecule has 1 aromatic heterocycles. The molecule has 6 nitrogen and oxygen atoms in total. The molecule has 0 radical (unpaired) electrons. The van der Waals surface area contributed by atoms with Gasteiger partial charge in [0.25, 0.3) is 5.91 Å². The van der Waals surface area contributed by atoms with Crippen LogP contribution in [0.5, 0.6) is 0 Å². The average Bonchev–Trinajstić information content (AvgIpc) is 3.05. The summed E-state index contributed by atoms with van der Waals surface area (Å²) in [6.07, 6.45) is 8.21. The van der Waals surface area contributed by atoms with Crippen LogP contribution in [0.15, 0.2) is 24.4 Å². The van der Waals surface area contributed by atoms with Crippen LogP contribution in [0.1, 0.15) is 38.7 Å². The molecule has 6 heteroatoms. The molecule has 1 saturated heterocycles. The molecule has 2 rings (SSSR count). The minimum atomic E-state index is -0.555. The number of amides is 1. The number of nitrogens with one attached hydrogen (secondary N) is 2. The van der Waals surface area contributed by atoms with Crippen LogP contribution in [0.4, 0.5) is 5.82 Å². The predicted molar refractivity (Wildman–Crippen MR) is 95.7 cm³/mol. The molecule has 1 aliphatic heterocycles. The van der Waals surface area contributed by atoms with Gasteiger partial charge in [-0.2, -0.15) is 0 Å². The zero-order chi connectivity index (χ0) is 17.4. The standard InChI is InChI=1S/C18H28N4O2/c1-3-14(4-2)12-22-10-9-16(13-22)20-17-7-5-15(11-19-17)6-8-18(23)21-24/h5-8,11,14,16,24H,3-4,9-10,12-13H2,1-2H3,(H,19,20)(H,21,23)/b8-6+/t16-/m1/s1. The maximum absolute atomic E-state index is 10.9. The van der Waals surface area contributed by atoms with Crippen LogP contribution in [0.25, 0.3) is 6.08 Å². The van der Waals surface area contributed by atoms with Gasteiger partial charge in [0, 0.05) is 37.9 Å². The van der Waals surface area contributed by atoms with Gasteiger partial charge in [0.1, 0.15) is 5.82 Å². The van der Waals surface area contributed by atoms with Gasteiger partial charge in [-0.05, 0) is 36.1 Å². The fraction of sp³-hybridized carbons (Fsp3) is 0.556. The Labute approximate surface area is 143 Å². The van der Waals surface area contributed by atoms with Gasteiger partial charge in [-0.25, -0.2) is 10.5 Å². The van der Waals surface area contributed by atoms with E-state index in [9.17, 15) is 4.79 Å². The summed E-state index contributed by atoms with van der Waals surface area (Å²) in [4.78, 5) is 17.9. The molecule has 0 bridgehead atoms. The Hall–Kier alpha value is -1.92. The maximum atomic E-state index is 10.9. The van der Waals surface area contributed by atoms with E-state index < -0.39 is 5.91 Å². The molecule has 0 aliphatic carbocycles. The normalized spacial score (nSPS) is 18.4. The van der Waals surface area contributed by atoms with Crippen LogP contribution >= 0.6 is 0 Å². The van der Waals surface area contributed by atoms with E-state index in [1.165, 1.54) is 25.5 Å². The van der Waals surface area contributed by atoms with E-state index in [1.54, 1.807) is 17.8 Å². The Bertz CT molecular complexity index is 540. The van der Waals surface area contributed by atoms with Crippen molar-refractivity contribution in [3.05, 3.63) is 30.0 Å². The smallest absolute Gasteiger partial charge is 0.267 e. The SMILES string of the molecule is CCC(CC)CN1CC[C@@H](Nc2ccc(/C=C/C(=O)NO)cn2)C1. The number of hydrogen-bond acceptors (Lipinski definition) is 5. The van der Waals surface area contributed by atoms with Crippen molar-refractivity contribution in [2.75, 3.05) is 25.0 Å². The Balaban J connectivity index is 1.82. The summed E-state index contributed by atoms with van der Waals surface area (Å²) in [6.45, 7) is 7.94. The number of likely N-dealkylation sites (tertiary alicyclic amines) is 1. The summed E-state index contributed by atoms with van der Waals surface area (Å²) >= 11 is 0. The first-order chi connectivity index (χ1) is 11.6. The Morgan fingerprint density at radius 3 is 2.88 bits per heavy atom. The van der Waals surface area contributed by atoms with Crippen LogP contribution in [-0.2, 0) is 4.79 Å². The number of hydrogen-bond donors (Lipinski definition) is 3. The summed E-state index contributed by atoms with van der Waals surface area (Å²) in [5.74, 6) is 1.10. The summed E-state index contributed by atoms with van der Waals surface area (Å²) < 4.78 is 0. The Morgan fingerprint density at radius 1 is 1.46 bits per heavy atom. The second kappa shape index (κ2) is 9.39. The molecule has 0 unspecified atom stereocenters. The molecular weight excluding hydrogens is 304 g/mol. The van der Waals surface area contributed by atoms with Crippen molar-refractivity contribution >= 4 is 17.8 Å². The van der Waals surface area contributed by atoms with Crippen LogP contribution in [0.3, 0.4) is 0 Å². The minimum absolute atomic E-state index is 0.438. The van der Waals surface area contributed by atoms with Crippen molar-refractivity contribution in [3.63, 3.8) is 0 Å². The lowest BCUT2D eigenvalue weighted by Crippen LogP contribution is -2.30. The van der Waals surface area contributed by atoms with Gasteiger partial charge < -0.3 is 10.2 Å². The fourth-order valence-corrected chi connectivity index (χ4v) is 3.04. The summed E-state index contributed by atoms with van der Waals surface area (Å²) in [6, 6.07) is 4.25. The highest BCUT2D eigenvalue weighted by Crippen LogP contribution is 2.18. The number of hydroxylamine groups is 1. The molecule has 3 N–H and O–H groups in total. The van der Waals surface area contributed by atoms with Crippen LogP contribution < -0.4 is 10.8 Å². The van der Waals surface area contributed by atoms with Crippen LogP contribution in [-0.4, -0.2) is 46.7 Å². The van der Waals surface area contributed by atoms with E-state index in [0.717, 1.165) is 36.8 Å². The van der Waals surface area contributed by atoms with Gasteiger partial charge in [0.2, 0.25) is 0 Å². The van der Waals surface area contributed by atoms with Gasteiger partial charge in [0.15, 0.2) is 0 Å². The van der Waals surface area contributed by atoms with Crippen molar-refractivity contribution in [3.8, 4) is 0 Å². The highest BCUT2D eigenvalue weighted by atomic mass is 16.5. The predicted octanol–water partition coefficient (Wildman–Crippen LogP) is 2.52. The zero-order valence-corrected chi connectivity index (χ0v) is 14.5. The fourth-order valence-electron chi connectivity index (χ4n) is 3.04. The highest BCUT2D eigenvalue weighted by Gasteiger charge is 2.23. The molecule has 0 saturated carbocycles. The second-order valence-electron chi connectivity index (χ2n) is 6.36. The van der Waals surface area contributed by atoms with Crippen LogP contribution in [0, 0.1) is 5.92 Å². The van der Waals surface area contributed by atoms with Crippen molar-refractivity contribution in [2.45, 2.75) is 39.2 Å². The number of rotatable bonds is 8. The molecule has 1 amide bonds. The number of nitrogens with zero attached hydrogens (tertiary/aromatic N) is 2. The zero-order valence-electron chi connectivity index (χ0n) is 14.5. The maximum Gasteiger partial charge on any atom is 0.267 e. The monoisotopic (exact) mass is 332 g/mol. The summed E-state index contributed by atoms with van der Waals surface area (Å²) in [5.41, 5.74) is 2.37. The average molecular weight is 332 g/mol. The second-order valence-corrected chi connectivity index (χ2v) is 6.36. The molecule has 1 aliphatic rings. The molecule has 24 heavy (non-hydrogen) atoms. The number of carbonyl (C=O) groups excluding carboxylic acids is 1. The van der Waals surface area contributed by atoms with E-state index in [0.29, 0.717) is 6.04 Å². The number of aromatic nitrogens is 1. The van der Waals surface area contributed by atoms with Gasteiger partial charge in [-0.3, -0.25) is 10.0 Å². The highest BCUT2D eigenvalue weighted by molar-refractivity contribution is 5.90. The lowest BCUT2D eigenvalue weighted by atomic mass is 10.0. The summed E-state index contributed by atoms with van der Waals surface area (Å²) in [5, 5.41) is 11.9. The Morgan fingerprint density at radius 2 is 2.25 bits per heavy atom. The van der Waals surface area contributed by atoms with E-state index >= 15 is 0 Å². The van der Waals surface area contributed by atoms with Gasteiger partial charge in [-0.15, -0.1) is 0 Å².